The number of aromatic nitrogens is 3. The van der Waals surface area contributed by atoms with Gasteiger partial charge in [-0.05, 0) is 18.6 Å². The lowest BCUT2D eigenvalue weighted by Gasteiger charge is -2.01. The number of H-pyrrole nitrogens is 2. The molecule has 0 aliphatic carbocycles. The van der Waals surface area contributed by atoms with Crippen LogP contribution in [0.25, 0.3) is 0 Å². The summed E-state index contributed by atoms with van der Waals surface area (Å²) in [7, 11) is 0. The number of pyridine rings is 1. The topological polar surface area (TPSA) is 78.6 Å². The van der Waals surface area contributed by atoms with Crippen molar-refractivity contribution in [2.45, 2.75) is 19.8 Å². The molecule has 0 bridgehead atoms. The second kappa shape index (κ2) is 5.18. The van der Waals surface area contributed by atoms with Crippen LogP contribution in [0.15, 0.2) is 23.1 Å². The zero-order valence-electron chi connectivity index (χ0n) is 9.79. The number of carbonyl (C=O) groups excluding carboxylic acids is 1. The molecule has 2 aromatic heterocycles. The van der Waals surface area contributed by atoms with E-state index in [2.05, 4.69) is 15.0 Å². The molecule has 0 amide bonds. The summed E-state index contributed by atoms with van der Waals surface area (Å²) in [6.45, 7) is 1.98. The molecule has 94 valence electrons. The summed E-state index contributed by atoms with van der Waals surface area (Å²) in [5, 5.41) is 0.322. The molecule has 0 atom stereocenters. The largest absolute Gasteiger partial charge is 0.323 e. The zero-order valence-corrected chi connectivity index (χ0v) is 10.5. The van der Waals surface area contributed by atoms with E-state index < -0.39 is 0 Å². The Balaban J connectivity index is 2.39. The molecule has 2 heterocycles. The van der Waals surface area contributed by atoms with Crippen molar-refractivity contribution >= 4 is 17.4 Å². The predicted molar refractivity (Wildman–Crippen MR) is 68.1 cm³/mol. The van der Waals surface area contributed by atoms with E-state index in [1.54, 1.807) is 12.1 Å². The minimum atomic E-state index is -0.372. The zero-order chi connectivity index (χ0) is 13.1. The molecular weight excluding hydrogens is 254 g/mol. The summed E-state index contributed by atoms with van der Waals surface area (Å²) < 4.78 is 0. The number of rotatable bonds is 4. The van der Waals surface area contributed by atoms with Crippen molar-refractivity contribution in [1.29, 1.82) is 0 Å². The lowest BCUT2D eigenvalue weighted by Crippen LogP contribution is -2.07. The van der Waals surface area contributed by atoms with E-state index in [0.29, 0.717) is 28.5 Å². The summed E-state index contributed by atoms with van der Waals surface area (Å²) in [4.78, 5) is 32.5. The van der Waals surface area contributed by atoms with Gasteiger partial charge in [-0.15, -0.1) is 0 Å². The van der Waals surface area contributed by atoms with Crippen molar-refractivity contribution in [3.63, 3.8) is 0 Å². The molecule has 0 aliphatic heterocycles. The Kier molecular flexibility index (Phi) is 3.62. The number of aromatic amines is 2. The second-order valence-corrected chi connectivity index (χ2v) is 4.27. The fraction of sp³-hybridized carbons (Fsp3) is 0.250. The average Bonchev–Trinajstić information content (AvgIpc) is 2.71. The fourth-order valence-corrected chi connectivity index (χ4v) is 1.82. The molecule has 0 radical (unpaired) electrons. The molecule has 6 heteroatoms. The molecule has 0 aliphatic rings. The molecule has 18 heavy (non-hydrogen) atoms. The highest BCUT2D eigenvalue weighted by Gasteiger charge is 2.16. The van der Waals surface area contributed by atoms with Gasteiger partial charge < -0.3 is 9.97 Å². The maximum atomic E-state index is 12.2. The number of ketones is 1. The van der Waals surface area contributed by atoms with Crippen LogP contribution in [0, 0.1) is 0 Å². The van der Waals surface area contributed by atoms with Gasteiger partial charge in [0.15, 0.2) is 0 Å². The van der Waals surface area contributed by atoms with Gasteiger partial charge in [-0.2, -0.15) is 0 Å². The Bertz CT molecular complexity index is 613. The number of nitrogens with zero attached hydrogens (tertiary/aromatic N) is 1. The minimum absolute atomic E-state index is 0.263. The van der Waals surface area contributed by atoms with Crippen molar-refractivity contribution in [2.75, 3.05) is 0 Å². The van der Waals surface area contributed by atoms with Gasteiger partial charge in [0.25, 0.3) is 0 Å². The van der Waals surface area contributed by atoms with E-state index in [9.17, 15) is 9.59 Å². The second-order valence-electron chi connectivity index (χ2n) is 3.88. The van der Waals surface area contributed by atoms with Gasteiger partial charge in [0.2, 0.25) is 5.78 Å². The number of aryl methyl sites for hydroxylation is 1. The van der Waals surface area contributed by atoms with Crippen LogP contribution in [0.5, 0.6) is 0 Å². The van der Waals surface area contributed by atoms with Crippen LogP contribution in [0.3, 0.4) is 0 Å². The Morgan fingerprint density at radius 1 is 1.39 bits per heavy atom. The number of imidazole rings is 1. The van der Waals surface area contributed by atoms with Gasteiger partial charge in [0.1, 0.15) is 10.8 Å². The van der Waals surface area contributed by atoms with Crippen molar-refractivity contribution in [3.05, 3.63) is 50.9 Å². The maximum Gasteiger partial charge on any atom is 0.323 e. The van der Waals surface area contributed by atoms with Gasteiger partial charge in [-0.25, -0.2) is 9.78 Å². The van der Waals surface area contributed by atoms with Gasteiger partial charge in [-0.1, -0.05) is 24.9 Å². The molecule has 2 rings (SSSR count). The third-order valence-corrected chi connectivity index (χ3v) is 2.74. The number of hydrogen-bond acceptors (Lipinski definition) is 3. The molecule has 2 aromatic rings. The number of nitrogens with one attached hydrogen (secondary N) is 2. The molecule has 0 unspecified atom stereocenters. The molecule has 0 aromatic carbocycles. The van der Waals surface area contributed by atoms with E-state index in [1.807, 2.05) is 6.92 Å². The molecule has 2 N–H and O–H groups in total. The standard InChI is InChI=1S/C12H12ClN3O2/c1-2-3-8-10(16-12(18)15-8)11(17)7-4-5-9(13)14-6-7/h4-6H,2-3H2,1H3,(H2,15,16,18). The van der Waals surface area contributed by atoms with Gasteiger partial charge in [-0.3, -0.25) is 4.79 Å². The number of hydrogen-bond donors (Lipinski definition) is 2. The molecule has 0 saturated carbocycles. The minimum Gasteiger partial charge on any atom is -0.309 e. The van der Waals surface area contributed by atoms with Crippen LogP contribution >= 0.6 is 11.6 Å². The van der Waals surface area contributed by atoms with Crippen LogP contribution in [0.2, 0.25) is 5.15 Å². The highest BCUT2D eigenvalue weighted by atomic mass is 35.5. The first-order valence-electron chi connectivity index (χ1n) is 5.59. The van der Waals surface area contributed by atoms with Crippen molar-refractivity contribution < 1.29 is 4.79 Å². The Labute approximate surface area is 108 Å². The van der Waals surface area contributed by atoms with Gasteiger partial charge in [0.05, 0.1) is 0 Å². The smallest absolute Gasteiger partial charge is 0.309 e. The van der Waals surface area contributed by atoms with E-state index in [1.165, 1.54) is 6.20 Å². The van der Waals surface area contributed by atoms with E-state index in [-0.39, 0.29) is 11.5 Å². The van der Waals surface area contributed by atoms with E-state index >= 15 is 0 Å². The molecule has 0 fully saturated rings. The van der Waals surface area contributed by atoms with Crippen molar-refractivity contribution in [1.82, 2.24) is 15.0 Å². The first-order chi connectivity index (χ1) is 8.61. The predicted octanol–water partition coefficient (Wildman–Crippen LogP) is 1.93. The maximum absolute atomic E-state index is 12.2. The molecular formula is C12H12ClN3O2. The van der Waals surface area contributed by atoms with Crippen LogP contribution in [0.1, 0.15) is 35.1 Å². The highest BCUT2D eigenvalue weighted by molar-refractivity contribution is 6.29. The van der Waals surface area contributed by atoms with E-state index in [0.717, 1.165) is 6.42 Å². The van der Waals surface area contributed by atoms with Crippen LogP contribution in [-0.2, 0) is 6.42 Å². The van der Waals surface area contributed by atoms with Crippen molar-refractivity contribution in [2.24, 2.45) is 0 Å². The summed E-state index contributed by atoms with van der Waals surface area (Å²) in [5.74, 6) is -0.263. The summed E-state index contributed by atoms with van der Waals surface area (Å²) in [5.41, 5.74) is 0.948. The first kappa shape index (κ1) is 12.6. The lowest BCUT2D eigenvalue weighted by molar-refractivity contribution is 0.103. The number of carbonyl (C=O) groups is 1. The average molecular weight is 266 g/mol. The molecule has 0 saturated heterocycles. The monoisotopic (exact) mass is 265 g/mol. The van der Waals surface area contributed by atoms with Crippen LogP contribution in [0.4, 0.5) is 0 Å². The van der Waals surface area contributed by atoms with Gasteiger partial charge in [0, 0.05) is 17.5 Å². The summed E-state index contributed by atoms with van der Waals surface area (Å²) in [6, 6.07) is 3.12. The Morgan fingerprint density at radius 2 is 2.17 bits per heavy atom. The van der Waals surface area contributed by atoms with Crippen LogP contribution < -0.4 is 5.69 Å². The fourth-order valence-electron chi connectivity index (χ4n) is 1.71. The van der Waals surface area contributed by atoms with Crippen LogP contribution in [-0.4, -0.2) is 20.7 Å². The quantitative estimate of drug-likeness (QED) is 0.655. The first-order valence-corrected chi connectivity index (χ1v) is 5.97. The Morgan fingerprint density at radius 3 is 2.78 bits per heavy atom. The number of halogens is 1. The molecule has 0 spiro atoms. The van der Waals surface area contributed by atoms with Crippen molar-refractivity contribution in [3.8, 4) is 0 Å². The summed E-state index contributed by atoms with van der Waals surface area (Å²) >= 11 is 5.66. The lowest BCUT2D eigenvalue weighted by atomic mass is 10.1. The Hall–Kier alpha value is -1.88. The molecule has 5 nitrogen and oxygen atoms in total. The van der Waals surface area contributed by atoms with E-state index in [4.69, 9.17) is 11.6 Å². The third-order valence-electron chi connectivity index (χ3n) is 2.52. The van der Waals surface area contributed by atoms with Gasteiger partial charge >= 0.3 is 5.69 Å². The highest BCUT2D eigenvalue weighted by Crippen LogP contribution is 2.12. The third kappa shape index (κ3) is 2.51. The summed E-state index contributed by atoms with van der Waals surface area (Å²) in [6.07, 6.45) is 2.87. The normalized spacial score (nSPS) is 10.6. The SMILES string of the molecule is CCCc1[nH]c(=O)[nH]c1C(=O)c1ccc(Cl)nc1.